The molecular weight excluding hydrogens is 293 g/mol. The molecule has 0 saturated carbocycles. The van der Waals surface area contributed by atoms with E-state index in [4.69, 9.17) is 21.6 Å². The van der Waals surface area contributed by atoms with E-state index in [0.717, 1.165) is 5.56 Å². The molecule has 0 aliphatic heterocycles. The Hall–Kier alpha value is -2.67. The summed E-state index contributed by atoms with van der Waals surface area (Å²) in [6, 6.07) is 13.2. The fourth-order valence-corrected chi connectivity index (χ4v) is 1.78. The first kappa shape index (κ1) is 14.7. The molecule has 0 aliphatic rings. The number of nitriles is 1. The summed E-state index contributed by atoms with van der Waals surface area (Å²) in [6.07, 6.45) is 1.53. The van der Waals surface area contributed by atoms with Gasteiger partial charge in [-0.3, -0.25) is 0 Å². The Morgan fingerprint density at radius 1 is 1.24 bits per heavy atom. The molecule has 104 valence electrons. The van der Waals surface area contributed by atoms with E-state index in [2.05, 4.69) is 16.0 Å². The highest BCUT2D eigenvalue weighted by Crippen LogP contribution is 2.29. The average molecular weight is 302 g/mol. The Morgan fingerprint density at radius 3 is 2.81 bits per heavy atom. The number of aliphatic imine (C=N–C) groups is 2. The summed E-state index contributed by atoms with van der Waals surface area (Å²) < 4.78 is 18.5. The van der Waals surface area contributed by atoms with Crippen molar-refractivity contribution in [3.8, 4) is 11.9 Å². The summed E-state index contributed by atoms with van der Waals surface area (Å²) in [6.45, 7) is 0.229. The average Bonchev–Trinajstić information content (AvgIpc) is 2.47. The minimum atomic E-state index is -0.310. The van der Waals surface area contributed by atoms with E-state index >= 15 is 0 Å². The highest BCUT2D eigenvalue weighted by molar-refractivity contribution is 6.33. The SMILES string of the molecule is N#CN=C=Nc1ccc(OCc2cccc(F)c2)cc1Cl. The fraction of sp³-hybridized carbons (Fsp3) is 0.0667. The smallest absolute Gasteiger partial charge is 0.216 e. The van der Waals surface area contributed by atoms with Crippen molar-refractivity contribution in [2.24, 2.45) is 9.98 Å². The number of nitrogens with zero attached hydrogens (tertiary/aromatic N) is 3. The number of halogens is 2. The van der Waals surface area contributed by atoms with Gasteiger partial charge in [-0.15, -0.1) is 4.99 Å². The zero-order valence-electron chi connectivity index (χ0n) is 10.8. The first-order valence-corrected chi connectivity index (χ1v) is 6.28. The molecule has 0 amide bonds. The van der Waals surface area contributed by atoms with Crippen LogP contribution in [0.2, 0.25) is 5.02 Å². The molecule has 0 atom stereocenters. The van der Waals surface area contributed by atoms with Crippen LogP contribution in [0.3, 0.4) is 0 Å². The largest absolute Gasteiger partial charge is 0.489 e. The molecule has 0 aliphatic carbocycles. The molecule has 0 N–H and O–H groups in total. The van der Waals surface area contributed by atoms with Gasteiger partial charge in [0.25, 0.3) is 0 Å². The standard InChI is InChI=1S/C15H9ClFN3O/c16-14-7-13(4-5-15(14)20-10-19-9-18)21-8-11-2-1-3-12(17)6-11/h1-7H,8H2. The van der Waals surface area contributed by atoms with Crippen LogP contribution in [0, 0.1) is 17.3 Å². The van der Waals surface area contributed by atoms with Crippen LogP contribution < -0.4 is 4.74 Å². The Kier molecular flexibility index (Phi) is 5.05. The third-order valence-corrected chi connectivity index (χ3v) is 2.79. The van der Waals surface area contributed by atoms with E-state index < -0.39 is 0 Å². The molecule has 0 saturated heterocycles. The van der Waals surface area contributed by atoms with Gasteiger partial charge in [0.2, 0.25) is 6.19 Å². The number of benzene rings is 2. The van der Waals surface area contributed by atoms with E-state index in [1.807, 2.05) is 0 Å². The number of rotatable bonds is 4. The van der Waals surface area contributed by atoms with Gasteiger partial charge in [-0.25, -0.2) is 4.39 Å². The van der Waals surface area contributed by atoms with Crippen LogP contribution in [0.4, 0.5) is 10.1 Å². The van der Waals surface area contributed by atoms with Crippen LogP contribution in [0.15, 0.2) is 52.4 Å². The van der Waals surface area contributed by atoms with Crippen molar-refractivity contribution in [2.45, 2.75) is 6.61 Å². The second kappa shape index (κ2) is 7.20. The van der Waals surface area contributed by atoms with Gasteiger partial charge >= 0.3 is 0 Å². The molecule has 0 radical (unpaired) electrons. The second-order valence-electron chi connectivity index (χ2n) is 3.96. The molecule has 2 aromatic carbocycles. The Bertz CT molecular complexity index is 749. The quantitative estimate of drug-likeness (QED) is 0.623. The van der Waals surface area contributed by atoms with Crippen LogP contribution in [0.1, 0.15) is 5.56 Å². The lowest BCUT2D eigenvalue weighted by molar-refractivity contribution is 0.305. The minimum Gasteiger partial charge on any atom is -0.489 e. The van der Waals surface area contributed by atoms with Crippen LogP contribution in [-0.4, -0.2) is 6.01 Å². The van der Waals surface area contributed by atoms with Gasteiger partial charge in [0.1, 0.15) is 24.2 Å². The van der Waals surface area contributed by atoms with Gasteiger partial charge in [0.15, 0.2) is 0 Å². The van der Waals surface area contributed by atoms with Gasteiger partial charge < -0.3 is 4.74 Å². The summed E-state index contributed by atoms with van der Waals surface area (Å²) in [5.74, 6) is 0.219. The summed E-state index contributed by atoms with van der Waals surface area (Å²) in [5.41, 5.74) is 1.14. The maximum atomic E-state index is 13.0. The third-order valence-electron chi connectivity index (χ3n) is 2.48. The Labute approximate surface area is 125 Å². The fourth-order valence-electron chi connectivity index (χ4n) is 1.56. The molecular formula is C15H9ClFN3O. The summed E-state index contributed by atoms with van der Waals surface area (Å²) in [5, 5.41) is 8.58. The molecule has 2 rings (SSSR count). The van der Waals surface area contributed by atoms with E-state index in [1.165, 1.54) is 18.3 Å². The summed E-state index contributed by atoms with van der Waals surface area (Å²) in [4.78, 5) is 6.97. The van der Waals surface area contributed by atoms with Gasteiger partial charge in [0.05, 0.1) is 10.7 Å². The zero-order chi connectivity index (χ0) is 15.1. The van der Waals surface area contributed by atoms with Crippen LogP contribution in [0.5, 0.6) is 5.75 Å². The molecule has 0 spiro atoms. The van der Waals surface area contributed by atoms with Crippen LogP contribution in [0.25, 0.3) is 0 Å². The third kappa shape index (κ3) is 4.43. The van der Waals surface area contributed by atoms with E-state index in [9.17, 15) is 4.39 Å². The Balaban J connectivity index is 2.07. The molecule has 2 aromatic rings. The van der Waals surface area contributed by atoms with Crippen molar-refractivity contribution in [3.63, 3.8) is 0 Å². The van der Waals surface area contributed by atoms with Gasteiger partial charge in [-0.2, -0.15) is 10.3 Å². The molecule has 21 heavy (non-hydrogen) atoms. The van der Waals surface area contributed by atoms with Gasteiger partial charge in [0, 0.05) is 6.07 Å². The molecule has 0 fully saturated rings. The van der Waals surface area contributed by atoms with Crippen molar-refractivity contribution in [3.05, 3.63) is 58.9 Å². The van der Waals surface area contributed by atoms with Crippen LogP contribution >= 0.6 is 11.6 Å². The van der Waals surface area contributed by atoms with E-state index in [1.54, 1.807) is 30.3 Å². The van der Waals surface area contributed by atoms with Crippen molar-refractivity contribution in [2.75, 3.05) is 0 Å². The predicted octanol–water partition coefficient (Wildman–Crippen LogP) is 4.34. The normalized spacial score (nSPS) is 9.38. The summed E-state index contributed by atoms with van der Waals surface area (Å²) in [7, 11) is 0. The lowest BCUT2D eigenvalue weighted by Gasteiger charge is -2.07. The molecule has 4 nitrogen and oxygen atoms in total. The number of ether oxygens (including phenoxy) is 1. The first-order chi connectivity index (χ1) is 10.2. The lowest BCUT2D eigenvalue weighted by Crippen LogP contribution is -1.95. The second-order valence-corrected chi connectivity index (χ2v) is 4.36. The maximum Gasteiger partial charge on any atom is 0.216 e. The van der Waals surface area contributed by atoms with Crippen molar-refractivity contribution in [1.82, 2.24) is 0 Å². The molecule has 0 aromatic heterocycles. The van der Waals surface area contributed by atoms with Crippen molar-refractivity contribution >= 4 is 23.3 Å². The first-order valence-electron chi connectivity index (χ1n) is 5.90. The molecule has 6 heteroatoms. The van der Waals surface area contributed by atoms with Gasteiger partial charge in [-0.1, -0.05) is 23.7 Å². The van der Waals surface area contributed by atoms with E-state index in [0.29, 0.717) is 16.5 Å². The minimum absolute atomic E-state index is 0.229. The Morgan fingerprint density at radius 2 is 2.10 bits per heavy atom. The molecule has 0 bridgehead atoms. The van der Waals surface area contributed by atoms with Gasteiger partial charge in [-0.05, 0) is 29.8 Å². The topological polar surface area (TPSA) is 57.7 Å². The molecule has 0 unspecified atom stereocenters. The molecule has 0 heterocycles. The maximum absolute atomic E-state index is 13.0. The zero-order valence-corrected chi connectivity index (χ0v) is 11.5. The number of hydrogen-bond acceptors (Lipinski definition) is 4. The van der Waals surface area contributed by atoms with Crippen LogP contribution in [-0.2, 0) is 6.61 Å². The summed E-state index contributed by atoms with van der Waals surface area (Å²) >= 11 is 6.02. The van der Waals surface area contributed by atoms with Crippen molar-refractivity contribution < 1.29 is 9.13 Å². The predicted molar refractivity (Wildman–Crippen MR) is 77.3 cm³/mol. The highest BCUT2D eigenvalue weighted by Gasteiger charge is 2.02. The van der Waals surface area contributed by atoms with Crippen molar-refractivity contribution in [1.29, 1.82) is 5.26 Å². The highest BCUT2D eigenvalue weighted by atomic mass is 35.5. The lowest BCUT2D eigenvalue weighted by atomic mass is 10.2. The van der Waals surface area contributed by atoms with E-state index in [-0.39, 0.29) is 12.4 Å². The number of hydrogen-bond donors (Lipinski definition) is 0. The monoisotopic (exact) mass is 301 g/mol.